The Morgan fingerprint density at radius 2 is 1.82 bits per heavy atom. The van der Waals surface area contributed by atoms with Gasteiger partial charge in [-0.25, -0.2) is 9.78 Å². The lowest BCUT2D eigenvalue weighted by Crippen LogP contribution is -2.37. The lowest BCUT2D eigenvalue weighted by atomic mass is 9.96. The molecule has 39 heavy (non-hydrogen) atoms. The van der Waals surface area contributed by atoms with Crippen LogP contribution in [0, 0.1) is 6.92 Å². The van der Waals surface area contributed by atoms with E-state index in [0.29, 0.717) is 36.0 Å². The van der Waals surface area contributed by atoms with E-state index >= 15 is 0 Å². The highest BCUT2D eigenvalue weighted by Crippen LogP contribution is 2.29. The van der Waals surface area contributed by atoms with E-state index in [4.69, 9.17) is 18.6 Å². The molecule has 0 atom stereocenters. The molecule has 1 amide bonds. The lowest BCUT2D eigenvalue weighted by molar-refractivity contribution is -0.129. The summed E-state index contributed by atoms with van der Waals surface area (Å²) in [5.41, 5.74) is 1.35. The van der Waals surface area contributed by atoms with Crippen LogP contribution in [0.5, 0.6) is 11.5 Å². The highest BCUT2D eigenvalue weighted by molar-refractivity contribution is 5.84. The van der Waals surface area contributed by atoms with Crippen LogP contribution in [0.1, 0.15) is 69.9 Å². The standard InChI is InChI=1S/C31H38N2O6/c1-21-27(33-29(38-21)23-11-7-5-8-12-23)17-18-36-26-15-16-28(39-31(3,4)22(2)34)24(19-26)20-37-30(35)32-25-13-9-6-10-14-25/h5,7-8,11-12,15-16,19,25H,6,9-10,13-14,17-18,20H2,1-4H3,(H,32,35). The number of nitrogens with zero attached hydrogens (tertiary/aromatic N) is 1. The molecule has 0 saturated heterocycles. The van der Waals surface area contributed by atoms with Crippen molar-refractivity contribution in [3.63, 3.8) is 0 Å². The van der Waals surface area contributed by atoms with Gasteiger partial charge in [-0.3, -0.25) is 4.79 Å². The maximum absolute atomic E-state index is 12.5. The minimum absolute atomic E-state index is 0.0120. The Morgan fingerprint density at radius 1 is 1.08 bits per heavy atom. The maximum Gasteiger partial charge on any atom is 0.407 e. The fourth-order valence-corrected chi connectivity index (χ4v) is 4.43. The van der Waals surface area contributed by atoms with Gasteiger partial charge >= 0.3 is 6.09 Å². The Morgan fingerprint density at radius 3 is 2.54 bits per heavy atom. The van der Waals surface area contributed by atoms with Crippen molar-refractivity contribution in [2.24, 2.45) is 0 Å². The summed E-state index contributed by atoms with van der Waals surface area (Å²) >= 11 is 0. The Labute approximate surface area is 230 Å². The molecule has 1 fully saturated rings. The number of oxazole rings is 1. The second kappa shape index (κ2) is 12.8. The molecule has 0 radical (unpaired) electrons. The van der Waals surface area contributed by atoms with Gasteiger partial charge in [-0.05, 0) is 70.9 Å². The molecule has 8 heteroatoms. The number of alkyl carbamates (subject to hydrolysis) is 1. The number of carbonyl (C=O) groups excluding carboxylic acids is 2. The summed E-state index contributed by atoms with van der Waals surface area (Å²) in [6, 6.07) is 15.2. The van der Waals surface area contributed by atoms with E-state index < -0.39 is 11.7 Å². The van der Waals surface area contributed by atoms with Gasteiger partial charge < -0.3 is 23.9 Å². The van der Waals surface area contributed by atoms with E-state index in [1.54, 1.807) is 32.0 Å². The van der Waals surface area contributed by atoms with Crippen molar-refractivity contribution in [1.29, 1.82) is 0 Å². The van der Waals surface area contributed by atoms with E-state index in [2.05, 4.69) is 10.3 Å². The van der Waals surface area contributed by atoms with Gasteiger partial charge in [0.05, 0.1) is 12.3 Å². The number of hydrogen-bond acceptors (Lipinski definition) is 7. The molecule has 208 valence electrons. The van der Waals surface area contributed by atoms with E-state index in [1.165, 1.54) is 13.3 Å². The van der Waals surface area contributed by atoms with Crippen molar-refractivity contribution in [2.75, 3.05) is 6.61 Å². The smallest absolute Gasteiger partial charge is 0.407 e. The molecular formula is C31H38N2O6. The number of carbonyl (C=O) groups is 2. The molecule has 4 rings (SSSR count). The molecule has 0 unspecified atom stereocenters. The minimum Gasteiger partial charge on any atom is -0.493 e. The number of aryl methyl sites for hydroxylation is 1. The third-order valence-corrected chi connectivity index (χ3v) is 7.05. The van der Waals surface area contributed by atoms with Crippen LogP contribution in [0.25, 0.3) is 11.5 Å². The van der Waals surface area contributed by atoms with Crippen LogP contribution in [0.15, 0.2) is 52.9 Å². The number of nitrogens with one attached hydrogen (secondary N) is 1. The topological polar surface area (TPSA) is 99.9 Å². The van der Waals surface area contributed by atoms with Crippen LogP contribution >= 0.6 is 0 Å². The number of ketones is 1. The summed E-state index contributed by atoms with van der Waals surface area (Å²) in [5.74, 6) is 2.29. The first kappa shape index (κ1) is 28.2. The molecule has 1 aliphatic carbocycles. The number of hydrogen-bond donors (Lipinski definition) is 1. The average molecular weight is 535 g/mol. The first-order valence-corrected chi connectivity index (χ1v) is 13.6. The summed E-state index contributed by atoms with van der Waals surface area (Å²) in [6.07, 6.45) is 5.48. The summed E-state index contributed by atoms with van der Waals surface area (Å²) in [6.45, 7) is 7.17. The average Bonchev–Trinajstić information content (AvgIpc) is 3.29. The van der Waals surface area contributed by atoms with Crippen LogP contribution in [0.4, 0.5) is 4.79 Å². The third kappa shape index (κ3) is 7.85. The fourth-order valence-electron chi connectivity index (χ4n) is 4.43. The largest absolute Gasteiger partial charge is 0.493 e. The van der Waals surface area contributed by atoms with Crippen LogP contribution < -0.4 is 14.8 Å². The molecule has 1 aliphatic rings. The summed E-state index contributed by atoms with van der Waals surface area (Å²) in [7, 11) is 0. The van der Waals surface area contributed by atoms with Gasteiger partial charge in [-0.1, -0.05) is 37.5 Å². The fraction of sp³-hybridized carbons (Fsp3) is 0.452. The van der Waals surface area contributed by atoms with Gasteiger partial charge in [0.15, 0.2) is 11.4 Å². The number of amides is 1. The molecule has 1 heterocycles. The Hall–Kier alpha value is -3.81. The Bertz CT molecular complexity index is 1260. The number of rotatable bonds is 11. The van der Waals surface area contributed by atoms with Crippen molar-refractivity contribution < 1.29 is 28.2 Å². The zero-order valence-electron chi connectivity index (χ0n) is 23.2. The first-order chi connectivity index (χ1) is 18.7. The lowest BCUT2D eigenvalue weighted by Gasteiger charge is -2.25. The molecule has 2 aromatic carbocycles. The van der Waals surface area contributed by atoms with Gasteiger partial charge in [-0.15, -0.1) is 0 Å². The molecule has 1 saturated carbocycles. The highest BCUT2D eigenvalue weighted by atomic mass is 16.6. The Balaban J connectivity index is 1.41. The summed E-state index contributed by atoms with van der Waals surface area (Å²) < 4.78 is 23.4. The van der Waals surface area contributed by atoms with Gasteiger partial charge in [0, 0.05) is 23.6 Å². The van der Waals surface area contributed by atoms with Crippen LogP contribution in [0.2, 0.25) is 0 Å². The zero-order valence-corrected chi connectivity index (χ0v) is 23.2. The predicted octanol–water partition coefficient (Wildman–Crippen LogP) is 6.58. The number of ether oxygens (including phenoxy) is 3. The summed E-state index contributed by atoms with van der Waals surface area (Å²) in [5, 5.41) is 2.96. The SMILES string of the molecule is CC(=O)C(C)(C)Oc1ccc(OCCc2nc(-c3ccccc3)oc2C)cc1COC(=O)NC1CCCCC1. The quantitative estimate of drug-likeness (QED) is 0.297. The second-order valence-electron chi connectivity index (χ2n) is 10.5. The van der Waals surface area contributed by atoms with Gasteiger partial charge in [0.2, 0.25) is 5.89 Å². The van der Waals surface area contributed by atoms with Crippen molar-refractivity contribution in [2.45, 2.75) is 84.5 Å². The monoisotopic (exact) mass is 534 g/mol. The van der Waals surface area contributed by atoms with E-state index in [1.807, 2.05) is 37.3 Å². The molecule has 8 nitrogen and oxygen atoms in total. The van der Waals surface area contributed by atoms with Gasteiger partial charge in [0.25, 0.3) is 0 Å². The van der Waals surface area contributed by atoms with E-state index in [0.717, 1.165) is 42.7 Å². The van der Waals surface area contributed by atoms with Gasteiger partial charge in [0.1, 0.15) is 23.9 Å². The van der Waals surface area contributed by atoms with Crippen LogP contribution in [-0.2, 0) is 22.6 Å². The normalized spacial score (nSPS) is 14.1. The minimum atomic E-state index is -1.03. The van der Waals surface area contributed by atoms with Crippen LogP contribution in [-0.4, -0.2) is 35.1 Å². The molecule has 1 aromatic heterocycles. The highest BCUT2D eigenvalue weighted by Gasteiger charge is 2.27. The Kier molecular flexibility index (Phi) is 9.28. The predicted molar refractivity (Wildman–Crippen MR) is 148 cm³/mol. The first-order valence-electron chi connectivity index (χ1n) is 13.6. The molecule has 0 bridgehead atoms. The maximum atomic E-state index is 12.5. The van der Waals surface area contributed by atoms with Crippen LogP contribution in [0.3, 0.4) is 0 Å². The van der Waals surface area contributed by atoms with Crippen molar-refractivity contribution in [1.82, 2.24) is 10.3 Å². The van der Waals surface area contributed by atoms with E-state index in [-0.39, 0.29) is 18.4 Å². The van der Waals surface area contributed by atoms with Crippen molar-refractivity contribution in [3.05, 3.63) is 65.5 Å². The van der Waals surface area contributed by atoms with Crippen molar-refractivity contribution in [3.8, 4) is 23.0 Å². The van der Waals surface area contributed by atoms with Crippen molar-refractivity contribution >= 4 is 11.9 Å². The molecular weight excluding hydrogens is 496 g/mol. The van der Waals surface area contributed by atoms with E-state index in [9.17, 15) is 9.59 Å². The number of aromatic nitrogens is 1. The number of benzene rings is 2. The molecule has 0 aliphatic heterocycles. The zero-order chi connectivity index (χ0) is 27.8. The third-order valence-electron chi connectivity index (χ3n) is 7.05. The van der Waals surface area contributed by atoms with Gasteiger partial charge in [-0.2, -0.15) is 0 Å². The summed E-state index contributed by atoms with van der Waals surface area (Å²) in [4.78, 5) is 29.2. The number of Topliss-reactive ketones (excluding diaryl/α,β-unsaturated/α-hetero) is 1. The second-order valence-corrected chi connectivity index (χ2v) is 10.5. The molecule has 1 N–H and O–H groups in total. The molecule has 3 aromatic rings. The molecule has 0 spiro atoms.